The Hall–Kier alpha value is -1.03. The third-order valence-corrected chi connectivity index (χ3v) is 11.3. The SMILES string of the molecule is CC(C)[Si](C(C)C)(C(C)C)n1ccc(C(=O)OC(C)(C)C)c1. The fourth-order valence-corrected chi connectivity index (χ4v) is 10.5. The standard InChI is InChI=1S/C18H33NO2Si/c1-13(2)22(14(3)4,15(5)6)19-11-10-16(12-19)17(20)21-18(7,8)9/h10-15H,1-9H3. The summed E-state index contributed by atoms with van der Waals surface area (Å²) in [6, 6.07) is 1.91. The molecule has 1 aromatic heterocycles. The molecule has 1 heterocycles. The molecule has 0 aliphatic carbocycles. The van der Waals surface area contributed by atoms with Crippen LogP contribution in [0.25, 0.3) is 0 Å². The van der Waals surface area contributed by atoms with Gasteiger partial charge in [-0.3, -0.25) is 0 Å². The van der Waals surface area contributed by atoms with E-state index in [1.165, 1.54) is 0 Å². The zero-order valence-electron chi connectivity index (χ0n) is 15.7. The van der Waals surface area contributed by atoms with E-state index in [2.05, 4.69) is 52.0 Å². The highest BCUT2D eigenvalue weighted by molar-refractivity contribution is 6.82. The highest BCUT2D eigenvalue weighted by atomic mass is 28.3. The molecule has 126 valence electrons. The highest BCUT2D eigenvalue weighted by Crippen LogP contribution is 2.42. The third-order valence-electron chi connectivity index (χ3n) is 4.55. The van der Waals surface area contributed by atoms with Crippen molar-refractivity contribution in [3.63, 3.8) is 0 Å². The first kappa shape index (κ1) is 19.0. The Morgan fingerprint density at radius 1 is 1.05 bits per heavy atom. The van der Waals surface area contributed by atoms with Crippen molar-refractivity contribution in [3.8, 4) is 0 Å². The first-order chi connectivity index (χ1) is 9.92. The molecule has 4 heteroatoms. The summed E-state index contributed by atoms with van der Waals surface area (Å²) in [6.45, 7) is 19.6. The van der Waals surface area contributed by atoms with E-state index in [0.717, 1.165) is 0 Å². The maximum absolute atomic E-state index is 12.3. The molecule has 1 rings (SSSR count). The fraction of sp³-hybridized carbons (Fsp3) is 0.722. The molecule has 0 spiro atoms. The van der Waals surface area contributed by atoms with Crippen molar-refractivity contribution < 1.29 is 9.53 Å². The Labute approximate surface area is 137 Å². The highest BCUT2D eigenvalue weighted by Gasteiger charge is 2.45. The Morgan fingerprint density at radius 2 is 1.50 bits per heavy atom. The number of hydrogen-bond acceptors (Lipinski definition) is 2. The van der Waals surface area contributed by atoms with Gasteiger partial charge in [0.2, 0.25) is 0 Å². The number of nitrogens with zero attached hydrogens (tertiary/aromatic N) is 1. The fourth-order valence-electron chi connectivity index (χ4n) is 3.99. The monoisotopic (exact) mass is 323 g/mol. The van der Waals surface area contributed by atoms with E-state index < -0.39 is 13.8 Å². The Morgan fingerprint density at radius 3 is 1.86 bits per heavy atom. The number of ether oxygens (including phenoxy) is 1. The van der Waals surface area contributed by atoms with Gasteiger partial charge in [-0.2, -0.15) is 0 Å². The second-order valence-electron chi connectivity index (χ2n) is 8.16. The van der Waals surface area contributed by atoms with Crippen LogP contribution < -0.4 is 0 Å². The number of hydrogen-bond donors (Lipinski definition) is 0. The van der Waals surface area contributed by atoms with Crippen molar-refractivity contribution in [2.24, 2.45) is 0 Å². The van der Waals surface area contributed by atoms with E-state index in [1.807, 2.05) is 33.0 Å². The normalized spacial score (nSPS) is 13.3. The van der Waals surface area contributed by atoms with Gasteiger partial charge in [0.25, 0.3) is 0 Å². The van der Waals surface area contributed by atoms with Crippen molar-refractivity contribution in [2.75, 3.05) is 0 Å². The number of carbonyl (C=O) groups is 1. The smallest absolute Gasteiger partial charge is 0.340 e. The van der Waals surface area contributed by atoms with Gasteiger partial charge in [-0.25, -0.2) is 4.79 Å². The van der Waals surface area contributed by atoms with Gasteiger partial charge < -0.3 is 8.97 Å². The third kappa shape index (κ3) is 3.65. The molecule has 0 aliphatic heterocycles. The van der Waals surface area contributed by atoms with Crippen LogP contribution in [-0.2, 0) is 4.74 Å². The number of rotatable bonds is 5. The summed E-state index contributed by atoms with van der Waals surface area (Å²) in [4.78, 5) is 12.3. The molecule has 0 saturated carbocycles. The Bertz CT molecular complexity index is 488. The topological polar surface area (TPSA) is 31.2 Å². The van der Waals surface area contributed by atoms with Crippen molar-refractivity contribution in [1.82, 2.24) is 4.23 Å². The molecular weight excluding hydrogens is 290 g/mol. The predicted molar refractivity (Wildman–Crippen MR) is 96.0 cm³/mol. The van der Waals surface area contributed by atoms with E-state index in [0.29, 0.717) is 22.2 Å². The lowest BCUT2D eigenvalue weighted by Crippen LogP contribution is -2.51. The summed E-state index contributed by atoms with van der Waals surface area (Å²) < 4.78 is 7.86. The van der Waals surface area contributed by atoms with E-state index >= 15 is 0 Å². The van der Waals surface area contributed by atoms with Gasteiger partial charge in [0, 0.05) is 6.20 Å². The van der Waals surface area contributed by atoms with Crippen molar-refractivity contribution in [3.05, 3.63) is 24.0 Å². The van der Waals surface area contributed by atoms with Crippen LogP contribution in [-0.4, -0.2) is 24.0 Å². The number of aromatic nitrogens is 1. The molecule has 0 N–H and O–H groups in total. The minimum absolute atomic E-state index is 0.231. The van der Waals surface area contributed by atoms with E-state index in [4.69, 9.17) is 4.74 Å². The average Bonchev–Trinajstić information content (AvgIpc) is 2.75. The molecule has 0 fully saturated rings. The summed E-state index contributed by atoms with van der Waals surface area (Å²) in [5.41, 5.74) is 2.01. The molecule has 0 saturated heterocycles. The van der Waals surface area contributed by atoms with Gasteiger partial charge in [0.15, 0.2) is 8.24 Å². The summed E-state index contributed by atoms with van der Waals surface area (Å²) in [6.07, 6.45) is 4.10. The number of esters is 1. The zero-order chi connectivity index (χ0) is 17.3. The lowest BCUT2D eigenvalue weighted by molar-refractivity contribution is 0.00697. The summed E-state index contributed by atoms with van der Waals surface area (Å²) in [5, 5.41) is 0. The maximum Gasteiger partial charge on any atom is 0.340 e. The molecule has 0 radical (unpaired) electrons. The van der Waals surface area contributed by atoms with Crippen LogP contribution in [0.4, 0.5) is 0 Å². The molecule has 0 bridgehead atoms. The molecule has 0 atom stereocenters. The van der Waals surface area contributed by atoms with E-state index in [1.54, 1.807) is 0 Å². The second-order valence-corrected chi connectivity index (χ2v) is 13.9. The molecular formula is C18H33NO2Si. The summed E-state index contributed by atoms with van der Waals surface area (Å²) in [5.74, 6) is -0.231. The zero-order valence-corrected chi connectivity index (χ0v) is 16.7. The van der Waals surface area contributed by atoms with Crippen LogP contribution in [0, 0.1) is 0 Å². The minimum atomic E-state index is -1.78. The quantitative estimate of drug-likeness (QED) is 0.531. The van der Waals surface area contributed by atoms with Crippen LogP contribution in [0.1, 0.15) is 72.7 Å². The average molecular weight is 324 g/mol. The van der Waals surface area contributed by atoms with E-state index in [-0.39, 0.29) is 5.97 Å². The predicted octanol–water partition coefficient (Wildman–Crippen LogP) is 5.47. The molecule has 0 aliphatic rings. The molecule has 22 heavy (non-hydrogen) atoms. The van der Waals surface area contributed by atoms with E-state index in [9.17, 15) is 4.79 Å². The molecule has 3 nitrogen and oxygen atoms in total. The largest absolute Gasteiger partial charge is 0.456 e. The molecule has 1 aromatic rings. The summed E-state index contributed by atoms with van der Waals surface area (Å²) >= 11 is 0. The van der Waals surface area contributed by atoms with Crippen LogP contribution in [0.15, 0.2) is 18.5 Å². The lowest BCUT2D eigenvalue weighted by atomic mass is 10.2. The first-order valence-electron chi connectivity index (χ1n) is 8.34. The van der Waals surface area contributed by atoms with Crippen LogP contribution in [0.5, 0.6) is 0 Å². The molecule has 0 amide bonds. The molecule has 0 aromatic carbocycles. The second kappa shape index (κ2) is 6.61. The van der Waals surface area contributed by atoms with Crippen LogP contribution >= 0.6 is 0 Å². The van der Waals surface area contributed by atoms with Crippen molar-refractivity contribution in [1.29, 1.82) is 0 Å². The van der Waals surface area contributed by atoms with Gasteiger partial charge in [0.05, 0.1) is 5.56 Å². The van der Waals surface area contributed by atoms with Crippen LogP contribution in [0.2, 0.25) is 16.6 Å². The molecule has 0 unspecified atom stereocenters. The number of carbonyl (C=O) groups excluding carboxylic acids is 1. The minimum Gasteiger partial charge on any atom is -0.456 e. The maximum atomic E-state index is 12.3. The van der Waals surface area contributed by atoms with Crippen molar-refractivity contribution >= 4 is 14.2 Å². The summed E-state index contributed by atoms with van der Waals surface area (Å²) in [7, 11) is -1.78. The van der Waals surface area contributed by atoms with Gasteiger partial charge in [-0.05, 0) is 49.7 Å². The van der Waals surface area contributed by atoms with Gasteiger partial charge in [-0.15, -0.1) is 0 Å². The van der Waals surface area contributed by atoms with Crippen LogP contribution in [0.3, 0.4) is 0 Å². The van der Waals surface area contributed by atoms with Crippen molar-refractivity contribution in [2.45, 2.75) is 84.5 Å². The Balaban J connectivity index is 3.24. The van der Waals surface area contributed by atoms with Gasteiger partial charge in [-0.1, -0.05) is 41.5 Å². The van der Waals surface area contributed by atoms with Gasteiger partial charge >= 0.3 is 5.97 Å². The van der Waals surface area contributed by atoms with Gasteiger partial charge in [0.1, 0.15) is 5.60 Å². The lowest BCUT2D eigenvalue weighted by Gasteiger charge is -2.44. The first-order valence-corrected chi connectivity index (χ1v) is 10.5. The Kier molecular flexibility index (Phi) is 5.71.